The largest absolute Gasteiger partial charge is 0.497 e. The molecule has 0 aliphatic carbocycles. The molecule has 0 saturated carbocycles. The number of ether oxygens (including phenoxy) is 1. The number of nitrogens with one attached hydrogen (secondary N) is 2. The number of H-pyrrole nitrogens is 1. The number of rotatable bonds is 8. The first-order chi connectivity index (χ1) is 9.35. The molecule has 19 heavy (non-hydrogen) atoms. The SMILES string of the molecule is CCCCCNCCc1c[nH]c2ccc(OC)cc12. The topological polar surface area (TPSA) is 37.0 Å². The highest BCUT2D eigenvalue weighted by Gasteiger charge is 2.04. The standard InChI is InChI=1S/C16H24N2O/c1-3-4-5-9-17-10-8-13-12-18-16-7-6-14(19-2)11-15(13)16/h6-7,11-12,17-18H,3-5,8-10H2,1-2H3. The molecule has 1 aromatic carbocycles. The van der Waals surface area contributed by atoms with E-state index in [0.717, 1.165) is 25.3 Å². The summed E-state index contributed by atoms with van der Waals surface area (Å²) in [5.41, 5.74) is 2.54. The molecule has 0 spiro atoms. The van der Waals surface area contributed by atoms with Crippen molar-refractivity contribution in [2.45, 2.75) is 32.6 Å². The van der Waals surface area contributed by atoms with Gasteiger partial charge in [0.1, 0.15) is 5.75 Å². The summed E-state index contributed by atoms with van der Waals surface area (Å²) in [5, 5.41) is 4.78. The van der Waals surface area contributed by atoms with Crippen LogP contribution in [0.4, 0.5) is 0 Å². The first-order valence-corrected chi connectivity index (χ1v) is 7.20. The number of unbranched alkanes of at least 4 members (excludes halogenated alkanes) is 2. The summed E-state index contributed by atoms with van der Waals surface area (Å²) >= 11 is 0. The predicted molar refractivity (Wildman–Crippen MR) is 80.9 cm³/mol. The van der Waals surface area contributed by atoms with Crippen LogP contribution in [-0.2, 0) is 6.42 Å². The van der Waals surface area contributed by atoms with Crippen molar-refractivity contribution in [3.05, 3.63) is 30.0 Å². The zero-order valence-electron chi connectivity index (χ0n) is 12.0. The van der Waals surface area contributed by atoms with Crippen LogP contribution in [0.5, 0.6) is 5.75 Å². The third-order valence-corrected chi connectivity index (χ3v) is 3.50. The van der Waals surface area contributed by atoms with Crippen LogP contribution in [0.1, 0.15) is 31.7 Å². The number of benzene rings is 1. The molecule has 1 aromatic heterocycles. The molecule has 0 bridgehead atoms. The molecule has 2 aromatic rings. The number of aromatic nitrogens is 1. The van der Waals surface area contributed by atoms with Gasteiger partial charge in [0.25, 0.3) is 0 Å². The molecular weight excluding hydrogens is 236 g/mol. The summed E-state index contributed by atoms with van der Waals surface area (Å²) in [6, 6.07) is 6.18. The van der Waals surface area contributed by atoms with Crippen LogP contribution in [0.15, 0.2) is 24.4 Å². The van der Waals surface area contributed by atoms with Crippen molar-refractivity contribution in [1.29, 1.82) is 0 Å². The Morgan fingerprint density at radius 2 is 2.11 bits per heavy atom. The van der Waals surface area contributed by atoms with Crippen molar-refractivity contribution in [2.24, 2.45) is 0 Å². The van der Waals surface area contributed by atoms with E-state index in [2.05, 4.69) is 35.6 Å². The van der Waals surface area contributed by atoms with Gasteiger partial charge in [0, 0.05) is 17.1 Å². The molecule has 0 radical (unpaired) electrons. The van der Waals surface area contributed by atoms with Crippen LogP contribution in [0.3, 0.4) is 0 Å². The highest BCUT2D eigenvalue weighted by atomic mass is 16.5. The van der Waals surface area contributed by atoms with Crippen LogP contribution in [0.2, 0.25) is 0 Å². The van der Waals surface area contributed by atoms with Crippen LogP contribution in [0, 0.1) is 0 Å². The lowest BCUT2D eigenvalue weighted by Gasteiger charge is -2.04. The molecular formula is C16H24N2O. The number of hydrogen-bond donors (Lipinski definition) is 2. The van der Waals surface area contributed by atoms with Gasteiger partial charge >= 0.3 is 0 Å². The maximum Gasteiger partial charge on any atom is 0.119 e. The van der Waals surface area contributed by atoms with Crippen LogP contribution >= 0.6 is 0 Å². The fraction of sp³-hybridized carbons (Fsp3) is 0.500. The van der Waals surface area contributed by atoms with E-state index in [4.69, 9.17) is 4.74 Å². The maximum absolute atomic E-state index is 5.29. The molecule has 0 unspecified atom stereocenters. The van der Waals surface area contributed by atoms with E-state index in [1.807, 2.05) is 6.07 Å². The number of aromatic amines is 1. The second-order valence-corrected chi connectivity index (χ2v) is 4.93. The highest BCUT2D eigenvalue weighted by molar-refractivity contribution is 5.84. The molecule has 0 fully saturated rings. The summed E-state index contributed by atoms with van der Waals surface area (Å²) in [6.07, 6.45) is 7.04. The number of fused-ring (bicyclic) bond motifs is 1. The van der Waals surface area contributed by atoms with E-state index >= 15 is 0 Å². The Hall–Kier alpha value is -1.48. The lowest BCUT2D eigenvalue weighted by atomic mass is 10.1. The molecule has 0 amide bonds. The number of methoxy groups -OCH3 is 1. The lowest BCUT2D eigenvalue weighted by Crippen LogP contribution is -2.18. The third-order valence-electron chi connectivity index (χ3n) is 3.50. The highest BCUT2D eigenvalue weighted by Crippen LogP contribution is 2.23. The van der Waals surface area contributed by atoms with E-state index < -0.39 is 0 Å². The minimum atomic E-state index is 0.921. The minimum absolute atomic E-state index is 0.921. The quantitative estimate of drug-likeness (QED) is 0.713. The summed E-state index contributed by atoms with van der Waals surface area (Å²) in [4.78, 5) is 3.32. The minimum Gasteiger partial charge on any atom is -0.497 e. The molecule has 104 valence electrons. The van der Waals surface area contributed by atoms with E-state index in [-0.39, 0.29) is 0 Å². The summed E-state index contributed by atoms with van der Waals surface area (Å²) in [7, 11) is 1.71. The Kier molecular flexibility index (Phi) is 5.28. The van der Waals surface area contributed by atoms with Crippen molar-refractivity contribution < 1.29 is 4.74 Å². The predicted octanol–water partition coefficient (Wildman–Crippen LogP) is 3.50. The fourth-order valence-electron chi connectivity index (χ4n) is 2.34. The van der Waals surface area contributed by atoms with Gasteiger partial charge in [-0.1, -0.05) is 19.8 Å². The van der Waals surface area contributed by atoms with E-state index in [1.165, 1.54) is 35.7 Å². The van der Waals surface area contributed by atoms with Gasteiger partial charge in [-0.05, 0) is 49.7 Å². The Balaban J connectivity index is 1.89. The van der Waals surface area contributed by atoms with Crippen molar-refractivity contribution >= 4 is 10.9 Å². The van der Waals surface area contributed by atoms with Gasteiger partial charge in [0.15, 0.2) is 0 Å². The van der Waals surface area contributed by atoms with Crippen molar-refractivity contribution in [2.75, 3.05) is 20.2 Å². The van der Waals surface area contributed by atoms with Crippen LogP contribution in [-0.4, -0.2) is 25.2 Å². The monoisotopic (exact) mass is 260 g/mol. The summed E-state index contributed by atoms with van der Waals surface area (Å²) in [6.45, 7) is 4.40. The van der Waals surface area contributed by atoms with E-state index in [0.29, 0.717) is 0 Å². The Morgan fingerprint density at radius 3 is 2.89 bits per heavy atom. The Morgan fingerprint density at radius 1 is 1.21 bits per heavy atom. The lowest BCUT2D eigenvalue weighted by molar-refractivity contribution is 0.415. The Labute approximate surface area is 115 Å². The second-order valence-electron chi connectivity index (χ2n) is 4.93. The molecule has 0 saturated heterocycles. The molecule has 2 rings (SSSR count). The van der Waals surface area contributed by atoms with Gasteiger partial charge in [-0.2, -0.15) is 0 Å². The first kappa shape index (κ1) is 13.9. The normalized spacial score (nSPS) is 11.1. The van der Waals surface area contributed by atoms with Gasteiger partial charge in [0.05, 0.1) is 7.11 Å². The molecule has 1 heterocycles. The third kappa shape index (κ3) is 3.74. The molecule has 0 atom stereocenters. The first-order valence-electron chi connectivity index (χ1n) is 7.20. The zero-order chi connectivity index (χ0) is 13.5. The van der Waals surface area contributed by atoms with Gasteiger partial charge in [0.2, 0.25) is 0 Å². The average Bonchev–Trinajstić information content (AvgIpc) is 2.85. The molecule has 2 N–H and O–H groups in total. The molecule has 3 heteroatoms. The van der Waals surface area contributed by atoms with Gasteiger partial charge < -0.3 is 15.0 Å². The number of hydrogen-bond acceptors (Lipinski definition) is 2. The smallest absolute Gasteiger partial charge is 0.119 e. The molecule has 0 aliphatic heterocycles. The van der Waals surface area contributed by atoms with Crippen LogP contribution in [0.25, 0.3) is 10.9 Å². The second kappa shape index (κ2) is 7.19. The van der Waals surface area contributed by atoms with E-state index in [9.17, 15) is 0 Å². The zero-order valence-corrected chi connectivity index (χ0v) is 12.0. The fourth-order valence-corrected chi connectivity index (χ4v) is 2.34. The molecule has 3 nitrogen and oxygen atoms in total. The Bertz CT molecular complexity index is 504. The van der Waals surface area contributed by atoms with Crippen molar-refractivity contribution in [3.63, 3.8) is 0 Å². The summed E-state index contributed by atoms with van der Waals surface area (Å²) in [5.74, 6) is 0.921. The van der Waals surface area contributed by atoms with Gasteiger partial charge in [-0.25, -0.2) is 0 Å². The van der Waals surface area contributed by atoms with Crippen LogP contribution < -0.4 is 10.1 Å². The molecule has 0 aliphatic rings. The van der Waals surface area contributed by atoms with E-state index in [1.54, 1.807) is 7.11 Å². The maximum atomic E-state index is 5.29. The summed E-state index contributed by atoms with van der Waals surface area (Å²) < 4.78 is 5.29. The van der Waals surface area contributed by atoms with Crippen molar-refractivity contribution in [1.82, 2.24) is 10.3 Å². The van der Waals surface area contributed by atoms with Gasteiger partial charge in [-0.15, -0.1) is 0 Å². The van der Waals surface area contributed by atoms with Crippen molar-refractivity contribution in [3.8, 4) is 5.75 Å². The average molecular weight is 260 g/mol. The van der Waals surface area contributed by atoms with Gasteiger partial charge in [-0.3, -0.25) is 0 Å².